The summed E-state index contributed by atoms with van der Waals surface area (Å²) >= 11 is 0. The van der Waals surface area contributed by atoms with Gasteiger partial charge in [0.25, 0.3) is 0 Å². The molecule has 3 aromatic carbocycles. The van der Waals surface area contributed by atoms with E-state index in [-0.39, 0.29) is 63.3 Å². The molecular weight excluding hydrogens is 1240 g/mol. The number of rotatable bonds is 7. The predicted molar refractivity (Wildman–Crippen MR) is 272 cm³/mol. The quantitative estimate of drug-likeness (QED) is 0.0683. The van der Waals surface area contributed by atoms with Crippen molar-refractivity contribution in [1.82, 2.24) is 19.9 Å². The number of aryl methyl sites for hydroxylation is 1. The molecule has 6 heterocycles. The molecule has 0 bridgehead atoms. The summed E-state index contributed by atoms with van der Waals surface area (Å²) in [4.78, 5) is 38.3. The second kappa shape index (κ2) is 23.8. The Hall–Kier alpha value is -5.99. The molecule has 14 heteroatoms. The van der Waals surface area contributed by atoms with E-state index in [1.54, 1.807) is 6.20 Å². The Bertz CT molecular complexity index is 3180. The Kier molecular flexibility index (Phi) is 19.1. The van der Waals surface area contributed by atoms with Crippen LogP contribution < -0.4 is 15.6 Å². The largest absolute Gasteiger partial charge is 0.512 e. The van der Waals surface area contributed by atoms with E-state index in [0.717, 1.165) is 66.5 Å². The average molecular weight is 1300 g/mol. The smallest absolute Gasteiger partial charge is 0.216 e. The van der Waals surface area contributed by atoms with Gasteiger partial charge in [0.2, 0.25) is 5.71 Å². The summed E-state index contributed by atoms with van der Waals surface area (Å²) in [6.07, 6.45) is 11.2. The number of carbonyl (C=O) groups excluding carboxylic acids is 2. The zero-order valence-corrected chi connectivity index (χ0v) is 46.5. The van der Waals surface area contributed by atoms with E-state index in [4.69, 9.17) is 24.0 Å². The standard InChI is InChI=1S/C25H21N2OSi.C19H17N2OSi.2C5H8O2.2Ir/c1-17-12-14-21-20-10-7-11-22(24(20)28-25(21)27-17)23-15-13-19(16-26-23)29(2,3)18-8-5-4-6-9-18;1-23(2,3)13-8-9-17(21-10-13)16-12-20-11-15-14-6-4-5-7-18(14)22-19(15)16;2*1-4(6)3-5(2)7;;/h4-10,12-16H,1-3H3;4-11H,1-3H3;2*3,6H,1-2H3;;/q2*-1;;;;. The van der Waals surface area contributed by atoms with Gasteiger partial charge >= 0.3 is 0 Å². The summed E-state index contributed by atoms with van der Waals surface area (Å²) in [5, 5.41) is 24.9. The average Bonchev–Trinajstić information content (AvgIpc) is 3.84. The first-order valence-electron chi connectivity index (χ1n) is 21.5. The number of aromatic nitrogens is 4. The number of nitrogens with zero attached hydrogens (tertiary/aromatic N) is 4. The van der Waals surface area contributed by atoms with Crippen LogP contribution in [0.4, 0.5) is 0 Å². The second-order valence-corrected chi connectivity index (χ2v) is 27.0. The van der Waals surface area contributed by atoms with Crippen LogP contribution >= 0.6 is 0 Å². The van der Waals surface area contributed by atoms with Crippen LogP contribution in [0.25, 0.3) is 66.5 Å². The molecule has 9 aromatic rings. The van der Waals surface area contributed by atoms with Crippen molar-refractivity contribution < 1.29 is 68.8 Å². The Morgan fingerprint density at radius 1 is 0.588 bits per heavy atom. The van der Waals surface area contributed by atoms with Crippen molar-refractivity contribution in [1.29, 1.82) is 0 Å². The van der Waals surface area contributed by atoms with Crippen LogP contribution in [0.15, 0.2) is 154 Å². The summed E-state index contributed by atoms with van der Waals surface area (Å²) in [7, 11) is -3.12. The van der Waals surface area contributed by atoms with Gasteiger partial charge < -0.3 is 34.0 Å². The van der Waals surface area contributed by atoms with Crippen LogP contribution in [0.1, 0.15) is 33.4 Å². The number of benzene rings is 3. The zero-order chi connectivity index (χ0) is 47.8. The SMILES string of the molecule is CC(=O)C=C(C)O.CC(=O)C=C(C)O.C[Si](C)(C)c1ccc(-c2[c-]ncc3c2oc2ccccc23)nc1.Cc1ccc2c(n1)oc1c(-c3ccc([Si](C)(C)c4ccccc4)cn3)[c-]ccc12.[Ir].[Ir]. The van der Waals surface area contributed by atoms with E-state index in [9.17, 15) is 9.59 Å². The van der Waals surface area contributed by atoms with Crippen LogP contribution in [0.3, 0.4) is 0 Å². The number of aliphatic hydroxyl groups is 2. The molecule has 2 radical (unpaired) electrons. The molecule has 10 nitrogen and oxygen atoms in total. The molecule has 2 N–H and O–H groups in total. The number of allylic oxidation sites excluding steroid dienone is 4. The number of carbonyl (C=O) groups is 2. The van der Waals surface area contributed by atoms with Gasteiger partial charge in [-0.1, -0.05) is 127 Å². The minimum absolute atomic E-state index is 0. The van der Waals surface area contributed by atoms with Crippen molar-refractivity contribution >= 4 is 87.3 Å². The van der Waals surface area contributed by atoms with Crippen molar-refractivity contribution in [2.45, 2.75) is 67.4 Å². The fourth-order valence-corrected chi connectivity index (χ4v) is 10.5. The van der Waals surface area contributed by atoms with E-state index in [1.165, 1.54) is 55.4 Å². The Balaban J connectivity index is 0.000000230. The summed E-state index contributed by atoms with van der Waals surface area (Å²) in [5.41, 5.74) is 7.48. The van der Waals surface area contributed by atoms with Gasteiger partial charge in [-0.3, -0.25) is 9.59 Å². The maximum absolute atomic E-state index is 10.0. The van der Waals surface area contributed by atoms with Gasteiger partial charge in [-0.25, -0.2) is 4.98 Å². The van der Waals surface area contributed by atoms with Crippen molar-refractivity contribution in [2.75, 3.05) is 0 Å². The van der Waals surface area contributed by atoms with Gasteiger partial charge in [-0.05, 0) is 92.4 Å². The van der Waals surface area contributed by atoms with Gasteiger partial charge in [0.1, 0.15) is 13.7 Å². The van der Waals surface area contributed by atoms with E-state index < -0.39 is 16.1 Å². The van der Waals surface area contributed by atoms with E-state index in [0.29, 0.717) is 5.71 Å². The van der Waals surface area contributed by atoms with Gasteiger partial charge in [-0.2, -0.15) is 0 Å². The van der Waals surface area contributed by atoms with E-state index >= 15 is 0 Å². The first-order chi connectivity index (χ1) is 31.3. The summed E-state index contributed by atoms with van der Waals surface area (Å²) in [5.74, 6) is -0.125. The first kappa shape index (κ1) is 54.6. The molecule has 0 aliphatic heterocycles. The molecule has 0 fully saturated rings. The molecule has 0 atom stereocenters. The number of furan rings is 2. The normalized spacial score (nSPS) is 11.6. The monoisotopic (exact) mass is 1300 g/mol. The molecule has 0 aliphatic carbocycles. The molecule has 0 saturated carbocycles. The van der Waals surface area contributed by atoms with Crippen molar-refractivity contribution in [3.8, 4) is 22.5 Å². The van der Waals surface area contributed by atoms with E-state index in [2.05, 4.69) is 115 Å². The molecule has 0 amide bonds. The van der Waals surface area contributed by atoms with Crippen LogP contribution in [0.2, 0.25) is 32.7 Å². The fraction of sp³-hybridized carbons (Fsp3) is 0.185. The van der Waals surface area contributed by atoms with Gasteiger partial charge in [-0.15, -0.1) is 18.2 Å². The fourth-order valence-electron chi connectivity index (χ4n) is 7.18. The second-order valence-electron chi connectivity index (χ2n) is 17.5. The number of hydrogen-bond donors (Lipinski definition) is 2. The van der Waals surface area contributed by atoms with Gasteiger partial charge in [0, 0.05) is 81.2 Å². The number of ketones is 2. The molecule has 0 saturated heterocycles. The van der Waals surface area contributed by atoms with Crippen molar-refractivity contribution in [3.63, 3.8) is 0 Å². The number of pyridine rings is 4. The molecular formula is C54H54Ir2N4O6Si2-2. The molecule has 6 aromatic heterocycles. The van der Waals surface area contributed by atoms with Crippen LogP contribution in [-0.4, -0.2) is 57.9 Å². The maximum Gasteiger partial charge on any atom is 0.216 e. The maximum atomic E-state index is 10.0. The zero-order valence-electron chi connectivity index (χ0n) is 39.7. The summed E-state index contributed by atoms with van der Waals surface area (Å²) in [6, 6.07) is 38.6. The van der Waals surface area contributed by atoms with Gasteiger partial charge in [0.05, 0.1) is 30.8 Å². The number of fused-ring (bicyclic) bond motifs is 6. The van der Waals surface area contributed by atoms with Crippen LogP contribution in [-0.2, 0) is 49.8 Å². The van der Waals surface area contributed by atoms with Crippen molar-refractivity contribution in [2.24, 2.45) is 0 Å². The number of para-hydroxylation sites is 1. The Morgan fingerprint density at radius 3 is 1.72 bits per heavy atom. The van der Waals surface area contributed by atoms with Gasteiger partial charge in [0.15, 0.2) is 11.6 Å². The summed E-state index contributed by atoms with van der Waals surface area (Å²) in [6.45, 7) is 19.3. The molecule has 0 aliphatic rings. The first-order valence-corrected chi connectivity index (χ1v) is 28.0. The predicted octanol–water partition coefficient (Wildman–Crippen LogP) is 11.4. The minimum atomic E-state index is -1.77. The molecule has 354 valence electrons. The van der Waals surface area contributed by atoms with Crippen LogP contribution in [0.5, 0.6) is 0 Å². The molecule has 68 heavy (non-hydrogen) atoms. The Labute approximate surface area is 426 Å². The minimum Gasteiger partial charge on any atom is -0.512 e. The van der Waals surface area contributed by atoms with Crippen molar-refractivity contribution in [3.05, 3.63) is 163 Å². The molecule has 9 rings (SSSR count). The number of hydrogen-bond acceptors (Lipinski definition) is 10. The number of aliphatic hydroxyl groups excluding tert-OH is 2. The third kappa shape index (κ3) is 13.6. The molecule has 0 unspecified atom stereocenters. The van der Waals surface area contributed by atoms with Crippen LogP contribution in [0, 0.1) is 19.2 Å². The third-order valence-corrected chi connectivity index (χ3v) is 16.2. The molecule has 0 spiro atoms. The van der Waals surface area contributed by atoms with E-state index in [1.807, 2.05) is 67.8 Å². The third-order valence-electron chi connectivity index (χ3n) is 10.6. The topological polar surface area (TPSA) is 152 Å². The summed E-state index contributed by atoms with van der Waals surface area (Å²) < 4.78 is 12.1. The Morgan fingerprint density at radius 2 is 1.16 bits per heavy atom.